The van der Waals surface area contributed by atoms with Crippen LogP contribution in [0.4, 0.5) is 0 Å². The molecule has 0 fully saturated rings. The molecule has 0 bridgehead atoms. The van der Waals surface area contributed by atoms with Gasteiger partial charge >= 0.3 is 0 Å². The Morgan fingerprint density at radius 2 is 1.96 bits per heavy atom. The number of benzene rings is 2. The van der Waals surface area contributed by atoms with E-state index in [1.54, 1.807) is 19.1 Å². The van der Waals surface area contributed by atoms with Gasteiger partial charge < -0.3 is 14.2 Å². The predicted molar refractivity (Wildman–Crippen MR) is 102 cm³/mol. The van der Waals surface area contributed by atoms with Gasteiger partial charge in [-0.15, -0.1) is 0 Å². The summed E-state index contributed by atoms with van der Waals surface area (Å²) < 4.78 is 10.7. The fraction of sp³-hybridized carbons (Fsp3) is 0.286. The summed E-state index contributed by atoms with van der Waals surface area (Å²) in [5, 5.41) is 3.98. The summed E-state index contributed by atoms with van der Waals surface area (Å²) in [4.78, 5) is 18.5. The lowest BCUT2D eigenvalue weighted by Gasteiger charge is -2.19. The molecule has 6 nitrogen and oxygen atoms in total. The molecule has 27 heavy (non-hydrogen) atoms. The Hall–Kier alpha value is -3.15. The molecule has 0 saturated carbocycles. The highest BCUT2D eigenvalue weighted by Gasteiger charge is 2.15. The van der Waals surface area contributed by atoms with Gasteiger partial charge in [-0.1, -0.05) is 53.2 Å². The Morgan fingerprint density at radius 3 is 2.70 bits per heavy atom. The van der Waals surface area contributed by atoms with Crippen molar-refractivity contribution in [2.45, 2.75) is 26.3 Å². The maximum atomic E-state index is 12.5. The van der Waals surface area contributed by atoms with Gasteiger partial charge in [0.05, 0.1) is 7.11 Å². The van der Waals surface area contributed by atoms with Crippen LogP contribution in [-0.4, -0.2) is 35.1 Å². The fourth-order valence-corrected chi connectivity index (χ4v) is 2.84. The van der Waals surface area contributed by atoms with Crippen LogP contribution < -0.4 is 4.74 Å². The Balaban J connectivity index is 1.58. The Kier molecular flexibility index (Phi) is 5.86. The zero-order valence-electron chi connectivity index (χ0n) is 15.8. The van der Waals surface area contributed by atoms with E-state index in [2.05, 4.69) is 10.1 Å². The first-order valence-corrected chi connectivity index (χ1v) is 8.82. The number of rotatable bonds is 7. The van der Waals surface area contributed by atoms with Crippen LogP contribution in [0.15, 0.2) is 53.1 Å². The molecule has 0 aliphatic rings. The van der Waals surface area contributed by atoms with Gasteiger partial charge in [0.25, 0.3) is 0 Å². The van der Waals surface area contributed by atoms with Crippen LogP contribution in [0.3, 0.4) is 0 Å². The van der Waals surface area contributed by atoms with E-state index in [1.807, 2.05) is 55.5 Å². The first-order valence-electron chi connectivity index (χ1n) is 8.82. The average molecular weight is 365 g/mol. The van der Waals surface area contributed by atoms with E-state index in [9.17, 15) is 4.79 Å². The molecular formula is C21H23N3O3. The van der Waals surface area contributed by atoms with Crippen molar-refractivity contribution in [1.29, 1.82) is 0 Å². The summed E-state index contributed by atoms with van der Waals surface area (Å²) in [6.45, 7) is 2.51. The molecule has 1 heterocycles. The van der Waals surface area contributed by atoms with Crippen molar-refractivity contribution < 1.29 is 14.1 Å². The van der Waals surface area contributed by atoms with Crippen molar-refractivity contribution in [1.82, 2.24) is 15.0 Å². The SMILES string of the molecule is COc1ccc(C)cc1CN(C)C(=O)CCc1nc(-c2ccccc2)no1. The number of carbonyl (C=O) groups is 1. The summed E-state index contributed by atoms with van der Waals surface area (Å²) in [6, 6.07) is 15.6. The zero-order valence-corrected chi connectivity index (χ0v) is 15.8. The molecule has 0 spiro atoms. The minimum absolute atomic E-state index is 0.0121. The van der Waals surface area contributed by atoms with Crippen molar-refractivity contribution in [3.05, 3.63) is 65.5 Å². The molecule has 1 amide bonds. The van der Waals surface area contributed by atoms with Gasteiger partial charge in [0.15, 0.2) is 0 Å². The van der Waals surface area contributed by atoms with Crippen molar-refractivity contribution in [2.24, 2.45) is 0 Å². The number of hydrogen-bond donors (Lipinski definition) is 0. The van der Waals surface area contributed by atoms with E-state index in [-0.39, 0.29) is 5.91 Å². The highest BCUT2D eigenvalue weighted by Crippen LogP contribution is 2.21. The minimum Gasteiger partial charge on any atom is -0.496 e. The van der Waals surface area contributed by atoms with E-state index in [4.69, 9.17) is 9.26 Å². The largest absolute Gasteiger partial charge is 0.496 e. The van der Waals surface area contributed by atoms with Gasteiger partial charge in [-0.3, -0.25) is 4.79 Å². The quantitative estimate of drug-likeness (QED) is 0.639. The van der Waals surface area contributed by atoms with Crippen molar-refractivity contribution in [3.8, 4) is 17.1 Å². The number of ether oxygens (including phenoxy) is 1. The highest BCUT2D eigenvalue weighted by molar-refractivity contribution is 5.76. The van der Waals surface area contributed by atoms with E-state index >= 15 is 0 Å². The van der Waals surface area contributed by atoms with Gasteiger partial charge in [0.1, 0.15) is 5.75 Å². The Morgan fingerprint density at radius 1 is 1.19 bits per heavy atom. The molecule has 3 aromatic rings. The monoisotopic (exact) mass is 365 g/mol. The van der Waals surface area contributed by atoms with Crippen molar-refractivity contribution >= 4 is 5.91 Å². The highest BCUT2D eigenvalue weighted by atomic mass is 16.5. The second-order valence-corrected chi connectivity index (χ2v) is 6.44. The lowest BCUT2D eigenvalue weighted by molar-refractivity contribution is -0.130. The van der Waals surface area contributed by atoms with Crippen LogP contribution in [0.5, 0.6) is 5.75 Å². The van der Waals surface area contributed by atoms with Gasteiger partial charge in [0, 0.05) is 37.6 Å². The standard InChI is InChI=1S/C21H23N3O3/c1-15-9-10-18(26-3)17(13-15)14-24(2)20(25)12-11-19-22-21(23-27-19)16-7-5-4-6-8-16/h4-10,13H,11-12,14H2,1-3H3. The molecule has 0 saturated heterocycles. The number of amides is 1. The molecule has 140 valence electrons. The minimum atomic E-state index is 0.0121. The van der Waals surface area contributed by atoms with Gasteiger partial charge in [-0.25, -0.2) is 0 Å². The molecule has 3 rings (SSSR count). The van der Waals surface area contributed by atoms with E-state index < -0.39 is 0 Å². The van der Waals surface area contributed by atoms with Crippen LogP contribution in [0.25, 0.3) is 11.4 Å². The number of aromatic nitrogens is 2. The number of hydrogen-bond acceptors (Lipinski definition) is 5. The molecular weight excluding hydrogens is 342 g/mol. The molecule has 0 N–H and O–H groups in total. The van der Waals surface area contributed by atoms with Gasteiger partial charge in [-0.2, -0.15) is 4.98 Å². The molecule has 0 unspecified atom stereocenters. The van der Waals surface area contributed by atoms with E-state index in [0.717, 1.165) is 22.4 Å². The number of carbonyl (C=O) groups excluding carboxylic acids is 1. The number of aryl methyl sites for hydroxylation is 2. The third kappa shape index (κ3) is 4.73. The fourth-order valence-electron chi connectivity index (χ4n) is 2.84. The van der Waals surface area contributed by atoms with E-state index in [0.29, 0.717) is 31.1 Å². The zero-order chi connectivity index (χ0) is 19.2. The molecule has 6 heteroatoms. The van der Waals surface area contributed by atoms with E-state index in [1.165, 1.54) is 0 Å². The summed E-state index contributed by atoms with van der Waals surface area (Å²) in [5.74, 6) is 1.79. The van der Waals surface area contributed by atoms with Crippen LogP contribution >= 0.6 is 0 Å². The van der Waals surface area contributed by atoms with Crippen molar-refractivity contribution in [3.63, 3.8) is 0 Å². The molecule has 0 aliphatic heterocycles. The summed E-state index contributed by atoms with van der Waals surface area (Å²) in [6.07, 6.45) is 0.717. The normalized spacial score (nSPS) is 10.6. The Bertz CT molecular complexity index is 906. The molecule has 0 aliphatic carbocycles. The Labute approximate surface area is 158 Å². The first-order chi connectivity index (χ1) is 13.1. The van der Waals surface area contributed by atoms with Crippen LogP contribution in [0.1, 0.15) is 23.4 Å². The third-order valence-corrected chi connectivity index (χ3v) is 4.32. The topological polar surface area (TPSA) is 68.5 Å². The molecule has 1 aromatic heterocycles. The summed E-state index contributed by atoms with van der Waals surface area (Å²) in [5.41, 5.74) is 3.01. The average Bonchev–Trinajstić information content (AvgIpc) is 3.16. The lowest BCUT2D eigenvalue weighted by Crippen LogP contribution is -2.26. The predicted octanol–water partition coefficient (Wildman–Crippen LogP) is 3.64. The maximum Gasteiger partial charge on any atom is 0.227 e. The number of methoxy groups -OCH3 is 1. The van der Waals surface area contributed by atoms with Crippen LogP contribution in [-0.2, 0) is 17.8 Å². The third-order valence-electron chi connectivity index (χ3n) is 4.32. The lowest BCUT2D eigenvalue weighted by atomic mass is 10.1. The van der Waals surface area contributed by atoms with Gasteiger partial charge in [-0.05, 0) is 13.0 Å². The second-order valence-electron chi connectivity index (χ2n) is 6.44. The molecule has 0 atom stereocenters. The van der Waals surface area contributed by atoms with Gasteiger partial charge in [0.2, 0.25) is 17.6 Å². The second kappa shape index (κ2) is 8.49. The maximum absolute atomic E-state index is 12.5. The summed E-state index contributed by atoms with van der Waals surface area (Å²) >= 11 is 0. The molecule has 2 aromatic carbocycles. The first kappa shape index (κ1) is 18.6. The van der Waals surface area contributed by atoms with Crippen molar-refractivity contribution in [2.75, 3.05) is 14.2 Å². The molecule has 0 radical (unpaired) electrons. The van der Waals surface area contributed by atoms with Crippen LogP contribution in [0.2, 0.25) is 0 Å². The smallest absolute Gasteiger partial charge is 0.227 e. The number of nitrogens with zero attached hydrogens (tertiary/aromatic N) is 3. The summed E-state index contributed by atoms with van der Waals surface area (Å²) in [7, 11) is 3.42. The van der Waals surface area contributed by atoms with Crippen LogP contribution in [0, 0.1) is 6.92 Å².